The van der Waals surface area contributed by atoms with Gasteiger partial charge < -0.3 is 9.47 Å². The van der Waals surface area contributed by atoms with Crippen molar-refractivity contribution in [3.05, 3.63) is 0 Å². The second-order valence-electron chi connectivity index (χ2n) is 1.72. The van der Waals surface area contributed by atoms with Crippen LogP contribution >= 0.6 is 12.4 Å². The van der Waals surface area contributed by atoms with Gasteiger partial charge in [-0.2, -0.15) is 0 Å². The Bertz CT molecular complexity index is 138. The molecule has 0 atom stereocenters. The molecule has 0 aliphatic rings. The molecule has 0 radical (unpaired) electrons. The monoisotopic (exact) mass is 181 g/mol. The van der Waals surface area contributed by atoms with Gasteiger partial charge in [-0.05, 0) is 0 Å². The van der Waals surface area contributed by atoms with Gasteiger partial charge in [0.1, 0.15) is 0 Å². The highest BCUT2D eigenvalue weighted by Crippen LogP contribution is 1.86. The summed E-state index contributed by atoms with van der Waals surface area (Å²) in [5.41, 5.74) is 0. The van der Waals surface area contributed by atoms with Crippen LogP contribution in [-0.2, 0) is 14.3 Å². The van der Waals surface area contributed by atoms with Crippen molar-refractivity contribution in [2.45, 2.75) is 13.3 Å². The van der Waals surface area contributed by atoms with Gasteiger partial charge in [0.2, 0.25) is 0 Å². The number of carbonyl (C=O) groups excluding carboxylic acids is 1. The number of halogens is 1. The van der Waals surface area contributed by atoms with Gasteiger partial charge in [0.05, 0.1) is 20.1 Å². The summed E-state index contributed by atoms with van der Waals surface area (Å²) in [6.07, 6.45) is 0.343. The summed E-state index contributed by atoms with van der Waals surface area (Å²) in [5, 5.41) is 6.97. The standard InChI is InChI=1S/C6H11NO3.ClH/c1-5(8)10-4-3-6(7)9-2;/h7H,3-4H2,1-2H3;1H. The molecule has 0 unspecified atom stereocenters. The van der Waals surface area contributed by atoms with E-state index in [2.05, 4.69) is 9.47 Å². The van der Waals surface area contributed by atoms with E-state index in [1.54, 1.807) is 0 Å². The summed E-state index contributed by atoms with van der Waals surface area (Å²) < 4.78 is 9.08. The molecule has 0 aromatic heterocycles. The Labute approximate surface area is 71.8 Å². The second kappa shape index (κ2) is 7.34. The predicted molar refractivity (Wildman–Crippen MR) is 43.2 cm³/mol. The van der Waals surface area contributed by atoms with Gasteiger partial charge in [0.25, 0.3) is 0 Å². The van der Waals surface area contributed by atoms with Crippen molar-refractivity contribution in [2.24, 2.45) is 0 Å². The first-order valence-corrected chi connectivity index (χ1v) is 2.91. The number of hydrogen-bond donors (Lipinski definition) is 1. The van der Waals surface area contributed by atoms with Crippen LogP contribution in [0.15, 0.2) is 0 Å². The van der Waals surface area contributed by atoms with E-state index in [-0.39, 0.29) is 30.9 Å². The fraction of sp³-hybridized carbons (Fsp3) is 0.667. The Kier molecular flexibility index (Phi) is 8.58. The van der Waals surface area contributed by atoms with Crippen LogP contribution in [0.4, 0.5) is 0 Å². The maximum Gasteiger partial charge on any atom is 0.302 e. The Hall–Kier alpha value is -0.770. The van der Waals surface area contributed by atoms with E-state index in [0.717, 1.165) is 0 Å². The fourth-order valence-electron chi connectivity index (χ4n) is 0.390. The van der Waals surface area contributed by atoms with Gasteiger partial charge in [0, 0.05) is 6.92 Å². The molecule has 0 spiro atoms. The summed E-state index contributed by atoms with van der Waals surface area (Å²) in [6.45, 7) is 1.55. The first-order chi connectivity index (χ1) is 4.66. The molecule has 0 rings (SSSR count). The van der Waals surface area contributed by atoms with Crippen LogP contribution < -0.4 is 0 Å². The lowest BCUT2D eigenvalue weighted by molar-refractivity contribution is -0.140. The van der Waals surface area contributed by atoms with E-state index in [9.17, 15) is 4.79 Å². The molecule has 0 saturated carbocycles. The van der Waals surface area contributed by atoms with Crippen molar-refractivity contribution >= 4 is 24.3 Å². The van der Waals surface area contributed by atoms with Crippen LogP contribution in [0, 0.1) is 5.41 Å². The molecule has 66 valence electrons. The third-order valence-corrected chi connectivity index (χ3v) is 0.881. The molecule has 5 heteroatoms. The van der Waals surface area contributed by atoms with Gasteiger partial charge >= 0.3 is 5.97 Å². The first-order valence-electron chi connectivity index (χ1n) is 2.91. The van der Waals surface area contributed by atoms with Crippen LogP contribution in [0.1, 0.15) is 13.3 Å². The molecule has 0 amide bonds. The zero-order valence-electron chi connectivity index (χ0n) is 6.55. The minimum atomic E-state index is -0.330. The van der Waals surface area contributed by atoms with E-state index in [0.29, 0.717) is 6.42 Å². The van der Waals surface area contributed by atoms with Crippen molar-refractivity contribution in [3.8, 4) is 0 Å². The zero-order valence-corrected chi connectivity index (χ0v) is 7.36. The number of esters is 1. The average Bonchev–Trinajstić information content (AvgIpc) is 1.87. The topological polar surface area (TPSA) is 59.4 Å². The fourth-order valence-corrected chi connectivity index (χ4v) is 0.390. The Morgan fingerprint density at radius 1 is 1.55 bits per heavy atom. The maximum atomic E-state index is 10.2. The van der Waals surface area contributed by atoms with Gasteiger partial charge in [0.15, 0.2) is 5.90 Å². The van der Waals surface area contributed by atoms with Crippen LogP contribution in [0.25, 0.3) is 0 Å². The molecule has 0 fully saturated rings. The molecule has 0 heterocycles. The molecule has 0 aromatic carbocycles. The highest BCUT2D eigenvalue weighted by atomic mass is 35.5. The minimum Gasteiger partial charge on any atom is -0.484 e. The van der Waals surface area contributed by atoms with Crippen LogP contribution in [0.5, 0.6) is 0 Å². The third-order valence-electron chi connectivity index (χ3n) is 0.881. The lowest BCUT2D eigenvalue weighted by atomic mass is 10.4. The highest BCUT2D eigenvalue weighted by Gasteiger charge is 1.96. The first kappa shape index (κ1) is 12.9. The van der Waals surface area contributed by atoms with Crippen LogP contribution in [-0.4, -0.2) is 25.6 Å². The number of hydrogen-bond acceptors (Lipinski definition) is 4. The lowest BCUT2D eigenvalue weighted by Crippen LogP contribution is -2.07. The number of nitrogens with one attached hydrogen (secondary N) is 1. The Balaban J connectivity index is 0. The smallest absolute Gasteiger partial charge is 0.302 e. The van der Waals surface area contributed by atoms with Crippen LogP contribution in [0.3, 0.4) is 0 Å². The summed E-state index contributed by atoms with van der Waals surface area (Å²) in [7, 11) is 1.41. The molecule has 0 aromatic rings. The van der Waals surface area contributed by atoms with Crippen molar-refractivity contribution in [1.29, 1.82) is 5.41 Å². The molecule has 4 nitrogen and oxygen atoms in total. The molecule has 0 aliphatic carbocycles. The van der Waals surface area contributed by atoms with E-state index >= 15 is 0 Å². The molecule has 1 N–H and O–H groups in total. The SMILES string of the molecule is COC(=N)CCOC(C)=O.Cl. The largest absolute Gasteiger partial charge is 0.484 e. The molecular formula is C6H12ClNO3. The number of carbonyl (C=O) groups is 1. The van der Waals surface area contributed by atoms with E-state index in [1.807, 2.05) is 0 Å². The molecule has 11 heavy (non-hydrogen) atoms. The van der Waals surface area contributed by atoms with Crippen molar-refractivity contribution in [3.63, 3.8) is 0 Å². The summed E-state index contributed by atoms with van der Waals surface area (Å²) >= 11 is 0. The Morgan fingerprint density at radius 2 is 2.09 bits per heavy atom. The van der Waals surface area contributed by atoms with Crippen molar-refractivity contribution in [1.82, 2.24) is 0 Å². The minimum absolute atomic E-state index is 0. The molecule has 0 aliphatic heterocycles. The van der Waals surface area contributed by atoms with Gasteiger partial charge in [-0.25, -0.2) is 0 Å². The molecule has 0 bridgehead atoms. The predicted octanol–water partition coefficient (Wildman–Crippen LogP) is 0.985. The number of methoxy groups -OCH3 is 1. The van der Waals surface area contributed by atoms with Crippen molar-refractivity contribution in [2.75, 3.05) is 13.7 Å². The Morgan fingerprint density at radius 3 is 2.45 bits per heavy atom. The van der Waals surface area contributed by atoms with Gasteiger partial charge in [-0.15, -0.1) is 12.4 Å². The normalized spacial score (nSPS) is 7.82. The summed E-state index contributed by atoms with van der Waals surface area (Å²) in [6, 6.07) is 0. The van der Waals surface area contributed by atoms with Crippen LogP contribution in [0.2, 0.25) is 0 Å². The maximum absolute atomic E-state index is 10.2. The highest BCUT2D eigenvalue weighted by molar-refractivity contribution is 5.85. The second-order valence-corrected chi connectivity index (χ2v) is 1.72. The third kappa shape index (κ3) is 9.23. The van der Waals surface area contributed by atoms with Crippen molar-refractivity contribution < 1.29 is 14.3 Å². The van der Waals surface area contributed by atoms with E-state index in [1.165, 1.54) is 14.0 Å². The summed E-state index contributed by atoms with van der Waals surface area (Å²) in [5.74, 6) is -0.204. The van der Waals surface area contributed by atoms with Gasteiger partial charge in [-0.1, -0.05) is 0 Å². The zero-order chi connectivity index (χ0) is 7.98. The van der Waals surface area contributed by atoms with E-state index in [4.69, 9.17) is 5.41 Å². The average molecular weight is 182 g/mol. The van der Waals surface area contributed by atoms with E-state index < -0.39 is 0 Å². The summed E-state index contributed by atoms with van der Waals surface area (Å²) in [4.78, 5) is 10.2. The molecular weight excluding hydrogens is 170 g/mol. The quantitative estimate of drug-likeness (QED) is 0.401. The van der Waals surface area contributed by atoms with Gasteiger partial charge in [-0.3, -0.25) is 10.2 Å². The number of rotatable bonds is 3. The number of ether oxygens (including phenoxy) is 2. The lowest BCUT2D eigenvalue weighted by Gasteiger charge is -2.01. The molecule has 0 saturated heterocycles.